The Labute approximate surface area is 186 Å². The third-order valence-electron chi connectivity index (χ3n) is 4.51. The first kappa shape index (κ1) is 22.0. The number of anilines is 1. The predicted molar refractivity (Wildman–Crippen MR) is 113 cm³/mol. The van der Waals surface area contributed by atoms with Crippen molar-refractivity contribution in [3.05, 3.63) is 89.7 Å². The van der Waals surface area contributed by atoms with Crippen LogP contribution in [0.2, 0.25) is 5.15 Å². The SMILES string of the molecule is O=S(=O)(c1ccccc1)N(Cc1ccc(OC(F)(F)F)cc1)c1nc2ccccn2c1Cl. The van der Waals surface area contributed by atoms with Crippen LogP contribution in [-0.4, -0.2) is 24.2 Å². The molecular weight excluding hydrogens is 467 g/mol. The number of nitrogens with zero attached hydrogens (tertiary/aromatic N) is 3. The van der Waals surface area contributed by atoms with E-state index in [1.54, 1.807) is 42.6 Å². The summed E-state index contributed by atoms with van der Waals surface area (Å²) < 4.78 is 70.6. The van der Waals surface area contributed by atoms with E-state index in [2.05, 4.69) is 9.72 Å². The molecule has 0 unspecified atom stereocenters. The summed E-state index contributed by atoms with van der Waals surface area (Å²) in [5.74, 6) is -0.415. The van der Waals surface area contributed by atoms with Crippen LogP contribution in [0, 0.1) is 0 Å². The molecule has 166 valence electrons. The van der Waals surface area contributed by atoms with Crippen molar-refractivity contribution in [1.29, 1.82) is 0 Å². The number of fused-ring (bicyclic) bond motifs is 1. The fraction of sp³-hybridized carbons (Fsp3) is 0.0952. The second-order valence-corrected chi connectivity index (χ2v) is 8.89. The first-order chi connectivity index (χ1) is 15.1. The third-order valence-corrected chi connectivity index (χ3v) is 6.61. The Kier molecular flexibility index (Phi) is 5.74. The first-order valence-electron chi connectivity index (χ1n) is 9.20. The summed E-state index contributed by atoms with van der Waals surface area (Å²) in [5, 5.41) is 0.0807. The highest BCUT2D eigenvalue weighted by Crippen LogP contribution is 2.33. The van der Waals surface area contributed by atoms with E-state index in [4.69, 9.17) is 11.6 Å². The lowest BCUT2D eigenvalue weighted by Crippen LogP contribution is -2.31. The van der Waals surface area contributed by atoms with Crippen LogP contribution < -0.4 is 9.04 Å². The van der Waals surface area contributed by atoms with Crippen molar-refractivity contribution >= 4 is 33.1 Å². The smallest absolute Gasteiger partial charge is 0.406 e. The summed E-state index contributed by atoms with van der Waals surface area (Å²) in [6.45, 7) is -0.215. The van der Waals surface area contributed by atoms with E-state index in [0.717, 1.165) is 16.4 Å². The van der Waals surface area contributed by atoms with Crippen LogP contribution in [0.5, 0.6) is 5.75 Å². The second-order valence-electron chi connectivity index (χ2n) is 6.67. The van der Waals surface area contributed by atoms with Gasteiger partial charge in [-0.25, -0.2) is 17.7 Å². The fourth-order valence-electron chi connectivity index (χ4n) is 3.07. The van der Waals surface area contributed by atoms with Crippen LogP contribution in [-0.2, 0) is 16.6 Å². The zero-order valence-electron chi connectivity index (χ0n) is 16.2. The van der Waals surface area contributed by atoms with Crippen molar-refractivity contribution in [1.82, 2.24) is 9.38 Å². The maximum Gasteiger partial charge on any atom is 0.573 e. The number of sulfonamides is 1. The summed E-state index contributed by atoms with van der Waals surface area (Å²) in [6.07, 6.45) is -3.18. The number of halogens is 4. The lowest BCUT2D eigenvalue weighted by molar-refractivity contribution is -0.274. The first-order valence-corrected chi connectivity index (χ1v) is 11.0. The average Bonchev–Trinajstić information content (AvgIpc) is 3.09. The standard InChI is InChI=1S/C21H15ClF3N3O3S/c22-19-20(26-18-8-4-5-13-27(18)19)28(32(29,30)17-6-2-1-3-7-17)14-15-9-11-16(12-10-15)31-21(23,24)25/h1-13H,14H2. The van der Waals surface area contributed by atoms with Gasteiger partial charge in [-0.1, -0.05) is 48.0 Å². The molecule has 0 aliphatic heterocycles. The molecule has 11 heteroatoms. The van der Waals surface area contributed by atoms with Gasteiger partial charge in [-0.15, -0.1) is 13.2 Å². The van der Waals surface area contributed by atoms with Gasteiger partial charge < -0.3 is 4.74 Å². The average molecular weight is 482 g/mol. The predicted octanol–water partition coefficient (Wildman–Crippen LogP) is 5.28. The minimum Gasteiger partial charge on any atom is -0.406 e. The van der Waals surface area contributed by atoms with Crippen LogP contribution in [0.25, 0.3) is 5.65 Å². The molecule has 6 nitrogen and oxygen atoms in total. The number of benzene rings is 2. The molecular formula is C21H15ClF3N3O3S. The number of hydrogen-bond acceptors (Lipinski definition) is 4. The highest BCUT2D eigenvalue weighted by Gasteiger charge is 2.32. The zero-order valence-corrected chi connectivity index (χ0v) is 17.8. The Hall–Kier alpha value is -3.24. The molecule has 0 aliphatic carbocycles. The van der Waals surface area contributed by atoms with Gasteiger partial charge in [-0.2, -0.15) is 0 Å². The maximum absolute atomic E-state index is 13.5. The van der Waals surface area contributed by atoms with Crippen molar-refractivity contribution in [3.63, 3.8) is 0 Å². The van der Waals surface area contributed by atoms with Crippen molar-refractivity contribution in [2.24, 2.45) is 0 Å². The summed E-state index contributed by atoms with van der Waals surface area (Å²) in [4.78, 5) is 4.39. The van der Waals surface area contributed by atoms with Crippen LogP contribution in [0.15, 0.2) is 83.9 Å². The number of pyridine rings is 1. The van der Waals surface area contributed by atoms with E-state index in [1.807, 2.05) is 0 Å². The number of alkyl halides is 3. The van der Waals surface area contributed by atoms with Gasteiger partial charge in [0.05, 0.1) is 11.4 Å². The zero-order chi connectivity index (χ0) is 22.9. The molecule has 0 aliphatic rings. The molecule has 2 heterocycles. The fourth-order valence-corrected chi connectivity index (χ4v) is 4.83. The van der Waals surface area contributed by atoms with Crippen molar-refractivity contribution in [2.75, 3.05) is 4.31 Å². The van der Waals surface area contributed by atoms with Gasteiger partial charge in [0.25, 0.3) is 10.0 Å². The lowest BCUT2D eigenvalue weighted by Gasteiger charge is -2.23. The molecule has 0 N–H and O–H groups in total. The van der Waals surface area contributed by atoms with Gasteiger partial charge in [-0.05, 0) is 42.0 Å². The highest BCUT2D eigenvalue weighted by atomic mass is 35.5. The minimum atomic E-state index is -4.83. The molecule has 0 fully saturated rings. The summed E-state index contributed by atoms with van der Waals surface area (Å²) in [5.41, 5.74) is 0.849. The van der Waals surface area contributed by atoms with Crippen molar-refractivity contribution < 1.29 is 26.3 Å². The molecule has 0 saturated carbocycles. The molecule has 2 aromatic heterocycles. The van der Waals surface area contributed by atoms with Crippen LogP contribution in [0.3, 0.4) is 0 Å². The van der Waals surface area contributed by atoms with Crippen molar-refractivity contribution in [3.8, 4) is 5.75 Å². The third kappa shape index (κ3) is 4.51. The maximum atomic E-state index is 13.5. The van der Waals surface area contributed by atoms with Gasteiger partial charge in [0.2, 0.25) is 0 Å². The summed E-state index contributed by atoms with van der Waals surface area (Å²) in [6, 6.07) is 17.8. The van der Waals surface area contributed by atoms with Crippen LogP contribution in [0.1, 0.15) is 5.56 Å². The molecule has 4 aromatic rings. The van der Waals surface area contributed by atoms with E-state index >= 15 is 0 Å². The van der Waals surface area contributed by atoms with E-state index in [9.17, 15) is 21.6 Å². The normalized spacial score (nSPS) is 12.1. The molecule has 0 spiro atoms. The Morgan fingerprint density at radius 1 is 0.969 bits per heavy atom. The number of imidazole rings is 1. The van der Waals surface area contributed by atoms with E-state index < -0.39 is 22.1 Å². The number of rotatable bonds is 6. The molecule has 4 rings (SSSR count). The largest absolute Gasteiger partial charge is 0.573 e. The molecule has 32 heavy (non-hydrogen) atoms. The monoisotopic (exact) mass is 481 g/mol. The van der Waals surface area contributed by atoms with Crippen LogP contribution >= 0.6 is 11.6 Å². The molecule has 0 bridgehead atoms. The van der Waals surface area contributed by atoms with Gasteiger partial charge in [0, 0.05) is 6.20 Å². The van der Waals surface area contributed by atoms with Gasteiger partial charge in [0.15, 0.2) is 11.0 Å². The molecule has 0 amide bonds. The topological polar surface area (TPSA) is 63.9 Å². The van der Waals surface area contributed by atoms with E-state index in [1.165, 1.54) is 28.7 Å². The summed E-state index contributed by atoms with van der Waals surface area (Å²) in [7, 11) is -4.10. The Balaban J connectivity index is 1.77. The molecule has 0 atom stereocenters. The van der Waals surface area contributed by atoms with E-state index in [0.29, 0.717) is 11.2 Å². The second kappa shape index (κ2) is 8.36. The van der Waals surface area contributed by atoms with Crippen molar-refractivity contribution in [2.45, 2.75) is 17.8 Å². The minimum absolute atomic E-state index is 0.00247. The Morgan fingerprint density at radius 2 is 1.62 bits per heavy atom. The number of hydrogen-bond donors (Lipinski definition) is 0. The molecule has 0 saturated heterocycles. The lowest BCUT2D eigenvalue weighted by atomic mass is 10.2. The molecule has 2 aromatic carbocycles. The Morgan fingerprint density at radius 3 is 2.25 bits per heavy atom. The van der Waals surface area contributed by atoms with Gasteiger partial charge in [-0.3, -0.25) is 4.40 Å². The van der Waals surface area contributed by atoms with Gasteiger partial charge >= 0.3 is 6.36 Å². The quantitative estimate of drug-likeness (QED) is 0.376. The van der Waals surface area contributed by atoms with Gasteiger partial charge in [0.1, 0.15) is 11.4 Å². The number of ether oxygens (including phenoxy) is 1. The van der Waals surface area contributed by atoms with E-state index in [-0.39, 0.29) is 22.4 Å². The molecule has 0 radical (unpaired) electrons. The van der Waals surface area contributed by atoms with Crippen LogP contribution in [0.4, 0.5) is 19.0 Å². The Bertz CT molecular complexity index is 1340. The highest BCUT2D eigenvalue weighted by molar-refractivity contribution is 7.92. The number of aromatic nitrogens is 2. The summed E-state index contributed by atoms with van der Waals surface area (Å²) >= 11 is 6.46.